The third-order valence-corrected chi connectivity index (χ3v) is 16.1. The van der Waals surface area contributed by atoms with Crippen molar-refractivity contribution < 1.29 is 66.2 Å². The first kappa shape index (κ1) is 73.0. The van der Waals surface area contributed by atoms with Crippen LogP contribution >= 0.6 is 31.9 Å². The van der Waals surface area contributed by atoms with Gasteiger partial charge in [0.15, 0.2) is 0 Å². The Morgan fingerprint density at radius 1 is 0.632 bits per heavy atom. The number of carbonyl (C=O) groups excluding carboxylic acids is 6. The summed E-state index contributed by atoms with van der Waals surface area (Å²) in [5.74, 6) is -0.918. The van der Waals surface area contributed by atoms with Crippen molar-refractivity contribution in [3.8, 4) is 11.1 Å². The van der Waals surface area contributed by atoms with Gasteiger partial charge in [-0.2, -0.15) is 0 Å². The van der Waals surface area contributed by atoms with Crippen LogP contribution in [0.2, 0.25) is 0 Å². The van der Waals surface area contributed by atoms with Crippen molar-refractivity contribution in [3.05, 3.63) is 146 Å². The van der Waals surface area contributed by atoms with Gasteiger partial charge in [-0.25, -0.2) is 18.4 Å². The fraction of sp³-hybridized carbons (Fsp3) is 0.439. The van der Waals surface area contributed by atoms with Gasteiger partial charge in [0.2, 0.25) is 0 Å². The highest BCUT2D eigenvalue weighted by Gasteiger charge is 2.52. The fourth-order valence-corrected chi connectivity index (χ4v) is 9.47. The number of hydrogen-bond acceptors (Lipinski definition) is 13. The van der Waals surface area contributed by atoms with Crippen molar-refractivity contribution in [1.29, 1.82) is 0 Å². The van der Waals surface area contributed by atoms with Crippen LogP contribution in [0.25, 0.3) is 11.1 Å². The first-order valence-electron chi connectivity index (χ1n) is 29.1. The van der Waals surface area contributed by atoms with E-state index < -0.39 is 48.1 Å². The maximum absolute atomic E-state index is 14.9. The molecule has 0 aliphatic carbocycles. The van der Waals surface area contributed by atoms with Gasteiger partial charge >= 0.3 is 25.3 Å². The number of ether oxygens (including phenoxy) is 2. The van der Waals surface area contributed by atoms with Gasteiger partial charge in [-0.15, -0.1) is 0 Å². The highest BCUT2D eigenvalue weighted by Crippen LogP contribution is 2.37. The molecule has 470 valence electrons. The van der Waals surface area contributed by atoms with Gasteiger partial charge in [-0.3, -0.25) is 24.2 Å². The van der Waals surface area contributed by atoms with E-state index in [-0.39, 0.29) is 59.9 Å². The van der Waals surface area contributed by atoms with Crippen LogP contribution in [0.1, 0.15) is 162 Å². The summed E-state index contributed by atoms with van der Waals surface area (Å²) in [4.78, 5) is 81.4. The van der Waals surface area contributed by atoms with Gasteiger partial charge in [0, 0.05) is 64.5 Å². The number of ketones is 4. The van der Waals surface area contributed by atoms with E-state index in [1.807, 2.05) is 109 Å². The first-order valence-corrected chi connectivity index (χ1v) is 30.7. The minimum Gasteiger partial charge on any atom is -0.481 e. The summed E-state index contributed by atoms with van der Waals surface area (Å²) in [7, 11) is -0.808. The Bertz CT molecular complexity index is 3120. The standard InChI is InChI=1S/C24H27FN2O4.C19H25BFNO5.C12H15BrO.C8H10BrN.C3H6O2/c1-15(11-20(29)13-26)17-4-6-18(7-5-17)22-10-8-19(12-23(22)25)27-14-21(31-24(27)30)9-3-16(2)28;1-12(23)6-8-14-11-22(17(24)25-14)13-7-9-15(16(21)10-13)20-26-18(2,3)19(4,5)27-20;1-3-12(14)8-9(2)10-4-6-11(13)7-5-10;1-6(10)7-2-4-8(9)5-3-7;1-2-3(4)5/h4-8,10,12,15,21H,3,9,11,13-14,26H2,1-2H3;7,9-10,14H,6,8,11H2,1-5H3;4-7,9H,3,8H2,1-2H3;2-6H,10H2,1H3;2H2,1H3,(H,4,5)/t15?,21-;14-;;;/m00.../s1. The lowest BCUT2D eigenvalue weighted by molar-refractivity contribution is -0.136. The van der Waals surface area contributed by atoms with Crippen molar-refractivity contribution in [2.45, 2.75) is 169 Å². The molecule has 0 aromatic heterocycles. The number of anilines is 2. The molecular formula is C66H83BBr2F2N4O12. The zero-order chi connectivity index (χ0) is 64.9. The first-order chi connectivity index (χ1) is 40.9. The molecule has 5 aromatic rings. The topological polar surface area (TPSA) is 235 Å². The van der Waals surface area contributed by atoms with Gasteiger partial charge in [-0.1, -0.05) is 114 Å². The minimum absolute atomic E-state index is 0.00202. The predicted molar refractivity (Wildman–Crippen MR) is 343 cm³/mol. The SMILES string of the molecule is CC(=O)CC[C@H]1CN(c2ccc(-c3ccc(C(C)CC(=O)CN)cc3)c(F)c2)C(=O)O1.CC(=O)CC[C@H]1CN(c2ccc(B3OC(C)(C)C(C)(C)O3)c(F)c2)C(=O)O1.CC(N)c1ccc(Br)cc1.CCC(=O)CC(C)c1ccc(Br)cc1.CCC(=O)O. The average Bonchev–Trinajstić information content (AvgIpc) is 2.14. The Labute approximate surface area is 527 Å². The summed E-state index contributed by atoms with van der Waals surface area (Å²) in [5.41, 5.74) is 15.5. The number of Topliss-reactive ketones (excluding diaryl/α,β-unsaturated/α-hetero) is 4. The predicted octanol–water partition coefficient (Wildman–Crippen LogP) is 13.9. The van der Waals surface area contributed by atoms with E-state index >= 15 is 0 Å². The number of nitrogens with zero attached hydrogens (tertiary/aromatic N) is 2. The van der Waals surface area contributed by atoms with Gasteiger partial charge in [0.1, 0.15) is 47.0 Å². The van der Waals surface area contributed by atoms with E-state index in [2.05, 4.69) is 50.9 Å². The smallest absolute Gasteiger partial charge is 0.481 e. The second-order valence-corrected chi connectivity index (χ2v) is 24.6. The molecule has 21 heteroatoms. The fourth-order valence-electron chi connectivity index (χ4n) is 8.94. The Hall–Kier alpha value is -6.49. The number of aliphatic carboxylic acids is 1. The Morgan fingerprint density at radius 2 is 1.03 bits per heavy atom. The van der Waals surface area contributed by atoms with Crippen molar-refractivity contribution in [2.75, 3.05) is 29.4 Å². The molecule has 5 atom stereocenters. The molecule has 3 aliphatic heterocycles. The normalized spacial score (nSPS) is 17.3. The number of rotatable bonds is 20. The number of benzene rings is 5. The molecule has 0 spiro atoms. The summed E-state index contributed by atoms with van der Waals surface area (Å²) in [6.45, 7) is 20.8. The van der Waals surface area contributed by atoms with Gasteiger partial charge in [-0.05, 0) is 150 Å². The zero-order valence-corrected chi connectivity index (χ0v) is 54.8. The lowest BCUT2D eigenvalue weighted by Crippen LogP contribution is -2.41. The molecule has 87 heavy (non-hydrogen) atoms. The molecule has 0 radical (unpaired) electrons. The monoisotopic (exact) mass is 1330 g/mol. The number of carboxylic acids is 1. The van der Waals surface area contributed by atoms with Crippen LogP contribution in [0.4, 0.5) is 29.7 Å². The molecule has 0 saturated carbocycles. The number of cyclic esters (lactones) is 2. The number of carboxylic acid groups (broad SMARTS) is 1. The maximum atomic E-state index is 14.9. The number of amides is 2. The van der Waals surface area contributed by atoms with Gasteiger partial charge < -0.3 is 44.9 Å². The van der Waals surface area contributed by atoms with Crippen molar-refractivity contribution in [2.24, 2.45) is 11.5 Å². The molecule has 3 aliphatic rings. The maximum Gasteiger partial charge on any atom is 0.497 e. The van der Waals surface area contributed by atoms with Crippen molar-refractivity contribution >= 4 is 97.1 Å². The Kier molecular flexibility index (Phi) is 28.8. The zero-order valence-electron chi connectivity index (χ0n) is 51.6. The van der Waals surface area contributed by atoms with E-state index in [0.29, 0.717) is 92.2 Å². The third kappa shape index (κ3) is 22.9. The average molecular weight is 1330 g/mol. The van der Waals surface area contributed by atoms with E-state index in [1.54, 1.807) is 31.2 Å². The molecule has 16 nitrogen and oxygen atoms in total. The second-order valence-electron chi connectivity index (χ2n) is 22.8. The third-order valence-electron chi connectivity index (χ3n) is 15.1. The second kappa shape index (κ2) is 34.3. The summed E-state index contributed by atoms with van der Waals surface area (Å²) in [6.07, 6.45) is 1.68. The quantitative estimate of drug-likeness (QED) is 0.0615. The molecule has 3 unspecified atom stereocenters. The van der Waals surface area contributed by atoms with Crippen LogP contribution < -0.4 is 26.7 Å². The highest BCUT2D eigenvalue weighted by atomic mass is 79.9. The molecule has 2 amide bonds. The number of hydrogen-bond donors (Lipinski definition) is 3. The van der Waals surface area contributed by atoms with Crippen molar-refractivity contribution in [3.63, 3.8) is 0 Å². The lowest BCUT2D eigenvalue weighted by Gasteiger charge is -2.32. The van der Waals surface area contributed by atoms with E-state index in [4.69, 9.17) is 35.4 Å². The number of carbonyl (C=O) groups is 7. The molecule has 3 fully saturated rings. The highest BCUT2D eigenvalue weighted by molar-refractivity contribution is 9.10. The van der Waals surface area contributed by atoms with Crippen molar-refractivity contribution in [1.82, 2.24) is 0 Å². The van der Waals surface area contributed by atoms with Crippen LogP contribution in [-0.2, 0) is 42.8 Å². The molecule has 5 N–H and O–H groups in total. The molecule has 5 aromatic carbocycles. The summed E-state index contributed by atoms with van der Waals surface area (Å²) < 4.78 is 54.1. The molecule has 0 bridgehead atoms. The van der Waals surface area contributed by atoms with Crippen LogP contribution in [0.5, 0.6) is 0 Å². The van der Waals surface area contributed by atoms with Gasteiger partial charge in [0.25, 0.3) is 0 Å². The Morgan fingerprint density at radius 3 is 1.41 bits per heavy atom. The van der Waals surface area contributed by atoms with E-state index in [0.717, 1.165) is 14.5 Å². The van der Waals surface area contributed by atoms with Crippen LogP contribution in [0.3, 0.4) is 0 Å². The van der Waals surface area contributed by atoms with E-state index in [1.165, 1.54) is 46.9 Å². The number of nitrogens with two attached hydrogens (primary N) is 2. The molecule has 3 saturated heterocycles. The molecule has 3 heterocycles. The number of halogens is 4. The molecular weight excluding hydrogens is 1250 g/mol. The molecule has 8 rings (SSSR count). The van der Waals surface area contributed by atoms with Gasteiger partial charge in [0.05, 0.1) is 42.2 Å². The minimum atomic E-state index is -0.808. The van der Waals surface area contributed by atoms with Crippen LogP contribution in [0, 0.1) is 11.6 Å². The lowest BCUT2D eigenvalue weighted by atomic mass is 9.78. The largest absolute Gasteiger partial charge is 0.497 e. The van der Waals surface area contributed by atoms with Crippen LogP contribution in [-0.4, -0.2) is 96.6 Å². The van der Waals surface area contributed by atoms with E-state index in [9.17, 15) is 42.3 Å². The summed E-state index contributed by atoms with van der Waals surface area (Å²) in [5, 5.41) is 7.72. The summed E-state index contributed by atoms with van der Waals surface area (Å²) in [6, 6.07) is 32.9. The van der Waals surface area contributed by atoms with Crippen LogP contribution in [0.15, 0.2) is 118 Å². The summed E-state index contributed by atoms with van der Waals surface area (Å²) >= 11 is 6.75. The Balaban J connectivity index is 0.000000260.